The van der Waals surface area contributed by atoms with Crippen molar-refractivity contribution in [3.63, 3.8) is 0 Å². The van der Waals surface area contributed by atoms with Crippen molar-refractivity contribution < 1.29 is 14.0 Å². The predicted octanol–water partition coefficient (Wildman–Crippen LogP) is 3.39. The predicted molar refractivity (Wildman–Crippen MR) is 105 cm³/mol. The summed E-state index contributed by atoms with van der Waals surface area (Å²) >= 11 is 6.18. The molecule has 0 bridgehead atoms. The van der Waals surface area contributed by atoms with E-state index >= 15 is 0 Å². The highest BCUT2D eigenvalue weighted by Crippen LogP contribution is 2.27. The van der Waals surface area contributed by atoms with Crippen LogP contribution >= 0.6 is 11.6 Å². The second-order valence-electron chi connectivity index (χ2n) is 7.28. The van der Waals surface area contributed by atoms with E-state index in [1.807, 2.05) is 32.9 Å². The van der Waals surface area contributed by atoms with E-state index in [9.17, 15) is 9.59 Å². The summed E-state index contributed by atoms with van der Waals surface area (Å²) < 4.78 is 5.74. The van der Waals surface area contributed by atoms with Crippen LogP contribution in [0.4, 0.5) is 0 Å². The molecule has 0 radical (unpaired) electrons. The third kappa shape index (κ3) is 4.35. The lowest BCUT2D eigenvalue weighted by Gasteiger charge is -2.25. The van der Waals surface area contributed by atoms with Crippen molar-refractivity contribution in [2.24, 2.45) is 5.92 Å². The zero-order valence-electron chi connectivity index (χ0n) is 16.4. The molecule has 0 aliphatic carbocycles. The largest absolute Gasteiger partial charge is 0.419 e. The van der Waals surface area contributed by atoms with Crippen LogP contribution in [0.15, 0.2) is 28.7 Å². The van der Waals surface area contributed by atoms with Gasteiger partial charge in [-0.3, -0.25) is 9.59 Å². The van der Waals surface area contributed by atoms with Gasteiger partial charge >= 0.3 is 0 Å². The van der Waals surface area contributed by atoms with Gasteiger partial charge in [0.1, 0.15) is 0 Å². The van der Waals surface area contributed by atoms with Crippen LogP contribution in [0.25, 0.3) is 11.5 Å². The first-order valence-corrected chi connectivity index (χ1v) is 9.94. The Kier molecular flexibility index (Phi) is 6.34. The molecule has 1 aliphatic heterocycles. The molecule has 0 spiro atoms. The van der Waals surface area contributed by atoms with Crippen molar-refractivity contribution in [1.82, 2.24) is 20.0 Å². The van der Waals surface area contributed by atoms with E-state index in [1.54, 1.807) is 21.9 Å². The van der Waals surface area contributed by atoms with Gasteiger partial charge in [0.2, 0.25) is 23.6 Å². The highest BCUT2D eigenvalue weighted by molar-refractivity contribution is 6.33. The Morgan fingerprint density at radius 2 is 2.11 bits per heavy atom. The van der Waals surface area contributed by atoms with Crippen LogP contribution in [0.5, 0.6) is 0 Å². The summed E-state index contributed by atoms with van der Waals surface area (Å²) in [7, 11) is 0. The molecule has 1 fully saturated rings. The van der Waals surface area contributed by atoms with Crippen molar-refractivity contribution in [3.8, 4) is 11.5 Å². The monoisotopic (exact) mass is 404 g/mol. The topological polar surface area (TPSA) is 79.5 Å². The van der Waals surface area contributed by atoms with Gasteiger partial charge in [0.15, 0.2) is 0 Å². The Hall–Kier alpha value is -2.41. The van der Waals surface area contributed by atoms with Gasteiger partial charge in [0, 0.05) is 25.6 Å². The lowest BCUT2D eigenvalue weighted by atomic mass is 10.1. The summed E-state index contributed by atoms with van der Waals surface area (Å²) in [6, 6.07) is 7.33. The van der Waals surface area contributed by atoms with Crippen LogP contribution in [0.3, 0.4) is 0 Å². The number of halogens is 1. The molecule has 1 unspecified atom stereocenters. The van der Waals surface area contributed by atoms with E-state index in [4.69, 9.17) is 16.0 Å². The fraction of sp³-hybridized carbons (Fsp3) is 0.500. The summed E-state index contributed by atoms with van der Waals surface area (Å²) in [6.45, 7) is 7.17. The number of aromatic nitrogens is 2. The minimum absolute atomic E-state index is 0.0311. The molecule has 2 heterocycles. The van der Waals surface area contributed by atoms with Crippen LogP contribution in [0.1, 0.15) is 39.5 Å². The molecular weight excluding hydrogens is 380 g/mol. The normalized spacial score (nSPS) is 16.8. The number of carbonyl (C=O) groups is 2. The Bertz CT molecular complexity index is 851. The zero-order valence-corrected chi connectivity index (χ0v) is 17.1. The maximum Gasteiger partial charge on any atom is 0.249 e. The minimum atomic E-state index is -0.326. The summed E-state index contributed by atoms with van der Waals surface area (Å²) in [5, 5.41) is 8.66. The molecule has 1 aromatic heterocycles. The Morgan fingerprint density at radius 1 is 1.36 bits per heavy atom. The third-order valence-corrected chi connectivity index (χ3v) is 5.16. The van der Waals surface area contributed by atoms with Gasteiger partial charge in [-0.15, -0.1) is 10.2 Å². The van der Waals surface area contributed by atoms with Crippen molar-refractivity contribution in [3.05, 3.63) is 35.2 Å². The van der Waals surface area contributed by atoms with Gasteiger partial charge in [-0.1, -0.05) is 30.7 Å². The van der Waals surface area contributed by atoms with Crippen LogP contribution in [0, 0.1) is 5.92 Å². The molecule has 0 saturated carbocycles. The number of carbonyl (C=O) groups excluding carboxylic acids is 2. The van der Waals surface area contributed by atoms with Crippen LogP contribution in [-0.2, 0) is 16.1 Å². The molecule has 0 N–H and O–H groups in total. The number of hydrogen-bond donors (Lipinski definition) is 0. The molecule has 1 aromatic carbocycles. The van der Waals surface area contributed by atoms with Crippen LogP contribution in [0.2, 0.25) is 5.02 Å². The molecule has 1 aliphatic rings. The quantitative estimate of drug-likeness (QED) is 0.706. The number of likely N-dealkylation sites (tertiary alicyclic amines) is 1. The average Bonchev–Trinajstić information content (AvgIpc) is 3.28. The van der Waals surface area contributed by atoms with E-state index in [1.165, 1.54) is 0 Å². The highest BCUT2D eigenvalue weighted by Gasteiger charge is 2.37. The number of rotatable bonds is 7. The van der Waals surface area contributed by atoms with Crippen LogP contribution in [-0.4, -0.2) is 50.9 Å². The minimum Gasteiger partial charge on any atom is -0.419 e. The Labute approximate surface area is 169 Å². The molecule has 7 nitrogen and oxygen atoms in total. The summed E-state index contributed by atoms with van der Waals surface area (Å²) in [5.74, 6) is 0.333. The summed E-state index contributed by atoms with van der Waals surface area (Å²) in [5.41, 5.74) is 0.658. The van der Waals surface area contributed by atoms with E-state index < -0.39 is 0 Å². The van der Waals surface area contributed by atoms with Gasteiger partial charge < -0.3 is 14.2 Å². The summed E-state index contributed by atoms with van der Waals surface area (Å²) in [4.78, 5) is 28.6. The van der Waals surface area contributed by atoms with Crippen molar-refractivity contribution in [2.45, 2.75) is 46.2 Å². The second-order valence-corrected chi connectivity index (χ2v) is 7.69. The third-order valence-electron chi connectivity index (χ3n) is 4.83. The highest BCUT2D eigenvalue weighted by atomic mass is 35.5. The first kappa shape index (κ1) is 20.3. The lowest BCUT2D eigenvalue weighted by Crippen LogP contribution is -2.38. The van der Waals surface area contributed by atoms with Crippen molar-refractivity contribution in [2.75, 3.05) is 13.1 Å². The smallest absolute Gasteiger partial charge is 0.249 e. The Balaban J connectivity index is 1.73. The average molecular weight is 405 g/mol. The van der Waals surface area contributed by atoms with E-state index in [-0.39, 0.29) is 36.7 Å². The molecule has 2 amide bonds. The first-order valence-electron chi connectivity index (χ1n) is 9.56. The zero-order chi connectivity index (χ0) is 20.3. The van der Waals surface area contributed by atoms with E-state index in [0.717, 1.165) is 6.42 Å². The lowest BCUT2D eigenvalue weighted by molar-refractivity contribution is -0.136. The standard InChI is InChI=1S/C20H25ClN4O3/c1-4-9-24(20(27)14-10-18(26)25(11-14)13(2)3)12-17-22-23-19(28-17)15-7-5-6-8-16(15)21/h5-8,13-14H,4,9-12H2,1-3H3. The van der Waals surface area contributed by atoms with Crippen molar-refractivity contribution >= 4 is 23.4 Å². The second kappa shape index (κ2) is 8.73. The van der Waals surface area contributed by atoms with E-state index in [2.05, 4.69) is 10.2 Å². The number of hydrogen-bond acceptors (Lipinski definition) is 5. The van der Waals surface area contributed by atoms with Gasteiger partial charge in [-0.05, 0) is 32.4 Å². The first-order chi connectivity index (χ1) is 13.4. The fourth-order valence-corrected chi connectivity index (χ4v) is 3.63. The van der Waals surface area contributed by atoms with Crippen LogP contribution < -0.4 is 0 Å². The number of amides is 2. The molecule has 1 saturated heterocycles. The van der Waals surface area contributed by atoms with Gasteiger partial charge in [-0.2, -0.15) is 0 Å². The summed E-state index contributed by atoms with van der Waals surface area (Å²) in [6.07, 6.45) is 1.05. The maximum absolute atomic E-state index is 13.0. The molecule has 3 rings (SSSR count). The SMILES string of the molecule is CCCN(Cc1nnc(-c2ccccc2Cl)o1)C(=O)C1CC(=O)N(C(C)C)C1. The molecule has 1 atom stereocenters. The van der Waals surface area contributed by atoms with E-state index in [0.29, 0.717) is 35.5 Å². The molecular formula is C20H25ClN4O3. The maximum atomic E-state index is 13.0. The van der Waals surface area contributed by atoms with Gasteiger partial charge in [0.25, 0.3) is 0 Å². The molecule has 2 aromatic rings. The Morgan fingerprint density at radius 3 is 2.75 bits per heavy atom. The number of benzene rings is 1. The molecule has 8 heteroatoms. The van der Waals surface area contributed by atoms with Gasteiger partial charge in [-0.25, -0.2) is 0 Å². The number of nitrogens with zero attached hydrogens (tertiary/aromatic N) is 4. The van der Waals surface area contributed by atoms with Crippen molar-refractivity contribution in [1.29, 1.82) is 0 Å². The molecule has 150 valence electrons. The van der Waals surface area contributed by atoms with Gasteiger partial charge in [0.05, 0.1) is 23.0 Å². The fourth-order valence-electron chi connectivity index (χ4n) is 3.42. The molecule has 28 heavy (non-hydrogen) atoms.